The standard InChI is InChI=1S/C17H36NO2S/c1-4-6-7-8-9-10-11-12-13-14-16-17(15-5-2)21(19,20)18-3/h17-18H,3-16H2,1-2H3. The summed E-state index contributed by atoms with van der Waals surface area (Å²) in [6.45, 7) is 4.28. The number of hydrogen-bond acceptors (Lipinski definition) is 2. The van der Waals surface area contributed by atoms with Crippen molar-refractivity contribution in [2.24, 2.45) is 0 Å². The lowest BCUT2D eigenvalue weighted by molar-refractivity contribution is 0.519. The number of sulfonamides is 1. The summed E-state index contributed by atoms with van der Waals surface area (Å²) >= 11 is 0. The summed E-state index contributed by atoms with van der Waals surface area (Å²) in [6, 6.07) is 0. The average Bonchev–Trinajstić information content (AvgIpc) is 2.48. The van der Waals surface area contributed by atoms with Crippen molar-refractivity contribution in [2.45, 2.75) is 103 Å². The zero-order valence-corrected chi connectivity index (χ0v) is 15.0. The first kappa shape index (κ1) is 20.9. The van der Waals surface area contributed by atoms with Crippen LogP contribution >= 0.6 is 0 Å². The van der Waals surface area contributed by atoms with E-state index in [4.69, 9.17) is 0 Å². The number of unbranched alkanes of at least 4 members (excludes halogenated alkanes) is 9. The minimum atomic E-state index is -3.19. The second-order valence-corrected chi connectivity index (χ2v) is 8.12. The van der Waals surface area contributed by atoms with E-state index in [0.717, 1.165) is 32.1 Å². The topological polar surface area (TPSA) is 46.2 Å². The van der Waals surface area contributed by atoms with Crippen LogP contribution in [0.3, 0.4) is 0 Å². The SMILES string of the molecule is [CH2]NS(=O)(=O)C(CCC)CCCCCCCCCCCC. The molecule has 0 aliphatic carbocycles. The fourth-order valence-corrected chi connectivity index (χ4v) is 4.01. The first-order chi connectivity index (χ1) is 10.1. The molecule has 1 radical (unpaired) electrons. The maximum Gasteiger partial charge on any atom is 0.214 e. The van der Waals surface area contributed by atoms with Crippen molar-refractivity contribution in [3.8, 4) is 0 Å². The van der Waals surface area contributed by atoms with Gasteiger partial charge in [-0.2, -0.15) is 0 Å². The van der Waals surface area contributed by atoms with Gasteiger partial charge >= 0.3 is 0 Å². The third-order valence-corrected chi connectivity index (χ3v) is 5.88. The summed E-state index contributed by atoms with van der Waals surface area (Å²) in [4.78, 5) is 0. The van der Waals surface area contributed by atoms with Crippen LogP contribution in [-0.2, 0) is 10.0 Å². The highest BCUT2D eigenvalue weighted by atomic mass is 32.2. The molecule has 0 aromatic rings. The Morgan fingerprint density at radius 3 is 1.67 bits per heavy atom. The highest BCUT2D eigenvalue weighted by Crippen LogP contribution is 2.17. The smallest absolute Gasteiger partial charge is 0.214 e. The molecule has 0 aliphatic rings. The van der Waals surface area contributed by atoms with Crippen molar-refractivity contribution in [3.05, 3.63) is 7.05 Å². The van der Waals surface area contributed by atoms with E-state index in [1.807, 2.05) is 6.92 Å². The van der Waals surface area contributed by atoms with E-state index in [-0.39, 0.29) is 5.25 Å². The second-order valence-electron chi connectivity index (χ2n) is 6.07. The maximum atomic E-state index is 11.8. The predicted molar refractivity (Wildman–Crippen MR) is 92.6 cm³/mol. The van der Waals surface area contributed by atoms with Crippen LogP contribution in [0.1, 0.15) is 97.3 Å². The van der Waals surface area contributed by atoms with Crippen LogP contribution in [0.25, 0.3) is 0 Å². The lowest BCUT2D eigenvalue weighted by Gasteiger charge is -2.15. The Bertz CT molecular complexity index is 315. The largest absolute Gasteiger partial charge is 0.214 e. The molecule has 1 atom stereocenters. The van der Waals surface area contributed by atoms with Crippen LogP contribution in [0, 0.1) is 7.05 Å². The van der Waals surface area contributed by atoms with Crippen molar-refractivity contribution >= 4 is 10.0 Å². The summed E-state index contributed by atoms with van der Waals surface area (Å²) in [6.07, 6.45) is 15.3. The first-order valence-electron chi connectivity index (χ1n) is 8.86. The highest BCUT2D eigenvalue weighted by molar-refractivity contribution is 7.90. The molecule has 0 saturated heterocycles. The lowest BCUT2D eigenvalue weighted by atomic mass is 10.0. The van der Waals surface area contributed by atoms with Crippen LogP contribution in [0.15, 0.2) is 0 Å². The molecule has 0 aliphatic heterocycles. The molecule has 3 nitrogen and oxygen atoms in total. The zero-order valence-electron chi connectivity index (χ0n) is 14.2. The van der Waals surface area contributed by atoms with Crippen molar-refractivity contribution in [2.75, 3.05) is 0 Å². The van der Waals surface area contributed by atoms with Crippen molar-refractivity contribution < 1.29 is 8.42 Å². The van der Waals surface area contributed by atoms with Gasteiger partial charge in [0.05, 0.1) is 5.25 Å². The summed E-state index contributed by atoms with van der Waals surface area (Å²) in [5.74, 6) is 0. The molecule has 0 heterocycles. The Hall–Kier alpha value is -0.0900. The van der Waals surface area contributed by atoms with E-state index in [1.165, 1.54) is 51.4 Å². The third kappa shape index (κ3) is 11.2. The van der Waals surface area contributed by atoms with Gasteiger partial charge in [-0.15, -0.1) is 0 Å². The molecule has 0 bridgehead atoms. The Kier molecular flexibility index (Phi) is 13.5. The van der Waals surface area contributed by atoms with Gasteiger partial charge in [0.15, 0.2) is 0 Å². The predicted octanol–water partition coefficient (Wildman–Crippen LogP) is 5.18. The average molecular weight is 319 g/mol. The lowest BCUT2D eigenvalue weighted by Crippen LogP contribution is -2.30. The van der Waals surface area contributed by atoms with E-state index in [1.54, 1.807) is 0 Å². The fourth-order valence-electron chi connectivity index (χ4n) is 2.75. The Balaban J connectivity index is 3.59. The van der Waals surface area contributed by atoms with E-state index >= 15 is 0 Å². The summed E-state index contributed by atoms with van der Waals surface area (Å²) in [7, 11) is 0.128. The van der Waals surface area contributed by atoms with Crippen molar-refractivity contribution in [1.82, 2.24) is 4.72 Å². The Morgan fingerprint density at radius 1 is 0.762 bits per heavy atom. The van der Waals surface area contributed by atoms with E-state index in [0.29, 0.717) is 0 Å². The molecular weight excluding hydrogens is 282 g/mol. The molecule has 0 aromatic heterocycles. The molecule has 4 heteroatoms. The fraction of sp³-hybridized carbons (Fsp3) is 0.941. The van der Waals surface area contributed by atoms with Gasteiger partial charge in [0.25, 0.3) is 0 Å². The molecule has 0 fully saturated rings. The van der Waals surface area contributed by atoms with Crippen LogP contribution in [0.2, 0.25) is 0 Å². The Labute approximate surface area is 133 Å². The van der Waals surface area contributed by atoms with Gasteiger partial charge in [-0.3, -0.25) is 0 Å². The Morgan fingerprint density at radius 2 is 1.24 bits per heavy atom. The minimum absolute atomic E-state index is 0.256. The molecular formula is C17H36NO2S. The van der Waals surface area contributed by atoms with Gasteiger partial charge in [0.1, 0.15) is 0 Å². The molecule has 0 saturated carbocycles. The van der Waals surface area contributed by atoms with Crippen molar-refractivity contribution in [3.63, 3.8) is 0 Å². The van der Waals surface area contributed by atoms with Gasteiger partial charge in [0, 0.05) is 7.05 Å². The van der Waals surface area contributed by atoms with Crippen LogP contribution < -0.4 is 4.72 Å². The van der Waals surface area contributed by atoms with Gasteiger partial charge in [-0.25, -0.2) is 13.1 Å². The van der Waals surface area contributed by atoms with Gasteiger partial charge in [-0.05, 0) is 12.8 Å². The van der Waals surface area contributed by atoms with Gasteiger partial charge in [0.2, 0.25) is 10.0 Å². The maximum absolute atomic E-state index is 11.8. The normalized spacial score (nSPS) is 13.5. The highest BCUT2D eigenvalue weighted by Gasteiger charge is 2.22. The number of nitrogens with one attached hydrogen (secondary N) is 1. The third-order valence-electron chi connectivity index (χ3n) is 4.13. The van der Waals surface area contributed by atoms with Crippen LogP contribution in [-0.4, -0.2) is 13.7 Å². The molecule has 127 valence electrons. The van der Waals surface area contributed by atoms with E-state index in [2.05, 4.69) is 18.7 Å². The summed E-state index contributed by atoms with van der Waals surface area (Å²) < 4.78 is 25.8. The first-order valence-corrected chi connectivity index (χ1v) is 10.4. The quantitative estimate of drug-likeness (QED) is 0.423. The molecule has 0 rings (SSSR count). The van der Waals surface area contributed by atoms with Gasteiger partial charge in [-0.1, -0.05) is 84.5 Å². The molecule has 0 aromatic carbocycles. The molecule has 0 amide bonds. The van der Waals surface area contributed by atoms with E-state index < -0.39 is 10.0 Å². The molecule has 21 heavy (non-hydrogen) atoms. The van der Waals surface area contributed by atoms with Crippen LogP contribution in [0.5, 0.6) is 0 Å². The van der Waals surface area contributed by atoms with Crippen molar-refractivity contribution in [1.29, 1.82) is 0 Å². The summed E-state index contributed by atoms with van der Waals surface area (Å²) in [5.41, 5.74) is 0. The van der Waals surface area contributed by atoms with Crippen LogP contribution in [0.4, 0.5) is 0 Å². The summed E-state index contributed by atoms with van der Waals surface area (Å²) in [5, 5.41) is -0.256. The second kappa shape index (κ2) is 13.6. The monoisotopic (exact) mass is 318 g/mol. The molecule has 1 N–H and O–H groups in total. The number of hydrogen-bond donors (Lipinski definition) is 1. The molecule has 1 unspecified atom stereocenters. The zero-order chi connectivity index (χ0) is 16.0. The molecule has 0 spiro atoms. The van der Waals surface area contributed by atoms with E-state index in [9.17, 15) is 8.42 Å². The van der Waals surface area contributed by atoms with Gasteiger partial charge < -0.3 is 0 Å². The minimum Gasteiger partial charge on any atom is -0.214 e. The number of rotatable bonds is 15.